The van der Waals surface area contributed by atoms with Crippen LogP contribution in [0.5, 0.6) is 0 Å². The summed E-state index contributed by atoms with van der Waals surface area (Å²) in [5.74, 6) is 6.36. The number of carbonyl (C=O) groups excluding carboxylic acids is 1. The van der Waals surface area contributed by atoms with Crippen molar-refractivity contribution in [2.45, 2.75) is 33.1 Å². The number of nitrogens with zero attached hydrogens (tertiary/aromatic N) is 1. The monoisotopic (exact) mass is 361 g/mol. The molecule has 0 atom stereocenters. The molecule has 24 heavy (non-hydrogen) atoms. The summed E-state index contributed by atoms with van der Waals surface area (Å²) < 4.78 is 0.782. The van der Waals surface area contributed by atoms with Gasteiger partial charge in [0, 0.05) is 24.5 Å². The van der Waals surface area contributed by atoms with Crippen molar-refractivity contribution in [1.82, 2.24) is 4.90 Å². The zero-order valence-electron chi connectivity index (χ0n) is 15.1. The third-order valence-electron chi connectivity index (χ3n) is 3.00. The largest absolute Gasteiger partial charge is 0.351 e. The highest BCUT2D eigenvalue weighted by molar-refractivity contribution is 7.16. The molecule has 0 bridgehead atoms. The molecule has 1 amide bonds. The van der Waals surface area contributed by atoms with E-state index in [0.29, 0.717) is 0 Å². The normalized spacial score (nSPS) is 10.1. The molecule has 0 saturated carbocycles. The molecule has 1 aromatic carbocycles. The molecule has 0 aliphatic carbocycles. The third-order valence-corrected chi connectivity index (χ3v) is 4.78. The Morgan fingerprint density at radius 1 is 1.17 bits per heavy atom. The molecule has 0 unspecified atom stereocenters. The summed E-state index contributed by atoms with van der Waals surface area (Å²) in [4.78, 5) is 12.1. The molecule has 0 fully saturated rings. The maximum Gasteiger partial charge on any atom is 0.209 e. The molecule has 1 heterocycles. The zero-order chi connectivity index (χ0) is 18.3. The van der Waals surface area contributed by atoms with E-state index in [4.69, 9.17) is 11.6 Å². The fourth-order valence-electron chi connectivity index (χ4n) is 1.69. The van der Waals surface area contributed by atoms with E-state index in [1.54, 1.807) is 25.4 Å². The summed E-state index contributed by atoms with van der Waals surface area (Å²) in [6, 6.07) is 10.3. The lowest BCUT2D eigenvalue weighted by Crippen LogP contribution is -2.07. The Labute approximate surface area is 154 Å². The van der Waals surface area contributed by atoms with E-state index in [0.717, 1.165) is 21.9 Å². The van der Waals surface area contributed by atoms with Gasteiger partial charge in [0.05, 0.1) is 5.56 Å². The second-order valence-corrected chi connectivity index (χ2v) is 8.39. The van der Waals surface area contributed by atoms with Crippen LogP contribution in [0.4, 0.5) is 0 Å². The summed E-state index contributed by atoms with van der Waals surface area (Å²) in [6.07, 6.45) is 0.750. The van der Waals surface area contributed by atoms with Crippen molar-refractivity contribution < 1.29 is 4.79 Å². The van der Waals surface area contributed by atoms with Crippen LogP contribution in [0.3, 0.4) is 0 Å². The molecule has 0 spiro atoms. The number of rotatable bonds is 1. The third kappa shape index (κ3) is 6.78. The van der Waals surface area contributed by atoms with Gasteiger partial charge in [-0.25, -0.2) is 0 Å². The highest BCUT2D eigenvalue weighted by atomic mass is 35.5. The quantitative estimate of drug-likeness (QED) is 0.510. The number of hydrogen-bond donors (Lipinski definition) is 0. The molecule has 2 aromatic rings. The van der Waals surface area contributed by atoms with E-state index in [1.807, 2.05) is 12.1 Å². The topological polar surface area (TPSA) is 20.3 Å². The van der Waals surface area contributed by atoms with Gasteiger partial charge in [-0.3, -0.25) is 4.79 Å². The van der Waals surface area contributed by atoms with Crippen LogP contribution in [-0.2, 0) is 10.2 Å². The maximum absolute atomic E-state index is 9.43. The van der Waals surface area contributed by atoms with Crippen molar-refractivity contribution in [3.05, 3.63) is 56.2 Å². The van der Waals surface area contributed by atoms with Gasteiger partial charge < -0.3 is 4.90 Å². The first-order chi connectivity index (χ1) is 11.1. The summed E-state index contributed by atoms with van der Waals surface area (Å²) in [5, 5.41) is 0. The number of hydrogen-bond acceptors (Lipinski definition) is 2. The van der Waals surface area contributed by atoms with E-state index >= 15 is 0 Å². The van der Waals surface area contributed by atoms with Crippen molar-refractivity contribution >= 4 is 29.3 Å². The SMILES string of the molecule is CN(C)C=O.Cc1cccc(C#Cc2cc(C(C)(C)C)sc2Cl)c1. The highest BCUT2D eigenvalue weighted by Gasteiger charge is 2.18. The summed E-state index contributed by atoms with van der Waals surface area (Å²) in [7, 11) is 3.38. The minimum Gasteiger partial charge on any atom is -0.351 e. The molecular weight excluding hydrogens is 338 g/mol. The number of halogens is 1. The maximum atomic E-state index is 9.43. The van der Waals surface area contributed by atoms with Crippen LogP contribution >= 0.6 is 22.9 Å². The number of benzene rings is 1. The van der Waals surface area contributed by atoms with Crippen LogP contribution in [-0.4, -0.2) is 25.4 Å². The summed E-state index contributed by atoms with van der Waals surface area (Å²) in [5.41, 5.74) is 3.30. The summed E-state index contributed by atoms with van der Waals surface area (Å²) >= 11 is 7.89. The van der Waals surface area contributed by atoms with Gasteiger partial charge in [0.15, 0.2) is 0 Å². The number of amides is 1. The predicted molar refractivity (Wildman–Crippen MR) is 105 cm³/mol. The molecule has 0 N–H and O–H groups in total. The molecule has 1 aromatic heterocycles. The van der Waals surface area contributed by atoms with Gasteiger partial charge in [0.1, 0.15) is 4.34 Å². The van der Waals surface area contributed by atoms with E-state index in [1.165, 1.54) is 15.3 Å². The number of aryl methyl sites for hydroxylation is 1. The average molecular weight is 362 g/mol. The first kappa shape index (κ1) is 20.3. The fraction of sp³-hybridized carbons (Fsp3) is 0.350. The Morgan fingerprint density at radius 2 is 1.79 bits per heavy atom. The molecule has 0 radical (unpaired) electrons. The average Bonchev–Trinajstić information content (AvgIpc) is 2.87. The van der Waals surface area contributed by atoms with Crippen molar-refractivity contribution in [2.75, 3.05) is 14.1 Å². The predicted octanol–water partition coefficient (Wildman–Crippen LogP) is 5.11. The van der Waals surface area contributed by atoms with Crippen LogP contribution in [0.2, 0.25) is 4.34 Å². The minimum absolute atomic E-state index is 0.123. The summed E-state index contributed by atoms with van der Waals surface area (Å²) in [6.45, 7) is 8.63. The van der Waals surface area contributed by atoms with E-state index < -0.39 is 0 Å². The minimum atomic E-state index is 0.123. The Morgan fingerprint density at radius 3 is 2.25 bits per heavy atom. The highest BCUT2D eigenvalue weighted by Crippen LogP contribution is 2.35. The number of thiophene rings is 1. The van der Waals surface area contributed by atoms with E-state index in [9.17, 15) is 4.79 Å². The lowest BCUT2D eigenvalue weighted by molar-refractivity contribution is -0.115. The first-order valence-electron chi connectivity index (χ1n) is 7.63. The smallest absolute Gasteiger partial charge is 0.209 e. The standard InChI is InChI=1S/C17H17ClS.C3H7NO/c1-12-6-5-7-13(10-12)8-9-14-11-15(17(2,3)4)19-16(14)18;1-4(2)3-5/h5-7,10-11H,1-4H3;3H,1-2H3. The van der Waals surface area contributed by atoms with E-state index in [2.05, 4.69) is 57.7 Å². The Kier molecular flexibility index (Phi) is 7.54. The van der Waals surface area contributed by atoms with Crippen LogP contribution in [0.1, 0.15) is 42.3 Å². The van der Waals surface area contributed by atoms with Crippen LogP contribution in [0, 0.1) is 18.8 Å². The molecular formula is C20H24ClNOS. The van der Waals surface area contributed by atoms with Crippen LogP contribution < -0.4 is 0 Å². The Balaban J connectivity index is 0.000000505. The first-order valence-corrected chi connectivity index (χ1v) is 8.83. The lowest BCUT2D eigenvalue weighted by Gasteiger charge is -2.14. The van der Waals surface area contributed by atoms with Crippen molar-refractivity contribution in [3.63, 3.8) is 0 Å². The van der Waals surface area contributed by atoms with Crippen molar-refractivity contribution in [1.29, 1.82) is 0 Å². The second kappa shape index (κ2) is 8.92. The van der Waals surface area contributed by atoms with E-state index in [-0.39, 0.29) is 5.41 Å². The molecule has 2 rings (SSSR count). The Hall–Kier alpha value is -1.76. The van der Waals surface area contributed by atoms with Gasteiger partial charge in [-0.05, 0) is 36.1 Å². The second-order valence-electron chi connectivity index (χ2n) is 6.74. The zero-order valence-corrected chi connectivity index (χ0v) is 16.7. The van der Waals surface area contributed by atoms with Gasteiger partial charge in [-0.15, -0.1) is 11.3 Å². The van der Waals surface area contributed by atoms with Gasteiger partial charge >= 0.3 is 0 Å². The Bertz CT molecular complexity index is 745. The molecule has 0 aliphatic rings. The molecule has 0 aliphatic heterocycles. The fourth-order valence-corrected chi connectivity index (χ4v) is 2.93. The van der Waals surface area contributed by atoms with Gasteiger partial charge in [-0.2, -0.15) is 0 Å². The van der Waals surface area contributed by atoms with Crippen LogP contribution in [0.15, 0.2) is 30.3 Å². The molecule has 4 heteroatoms. The molecule has 2 nitrogen and oxygen atoms in total. The van der Waals surface area contributed by atoms with Crippen molar-refractivity contribution in [3.8, 4) is 11.8 Å². The van der Waals surface area contributed by atoms with Crippen molar-refractivity contribution in [2.24, 2.45) is 0 Å². The molecule has 128 valence electrons. The molecule has 0 saturated heterocycles. The van der Waals surface area contributed by atoms with Crippen LogP contribution in [0.25, 0.3) is 0 Å². The number of carbonyl (C=O) groups is 1. The van der Waals surface area contributed by atoms with Gasteiger partial charge in [0.25, 0.3) is 0 Å². The lowest BCUT2D eigenvalue weighted by atomic mass is 9.94. The van der Waals surface area contributed by atoms with Gasteiger partial charge in [0.2, 0.25) is 6.41 Å². The van der Waals surface area contributed by atoms with Gasteiger partial charge in [-0.1, -0.05) is 56.3 Å².